The number of amides is 1. The van der Waals surface area contributed by atoms with Crippen LogP contribution >= 0.6 is 0 Å². The van der Waals surface area contributed by atoms with Crippen molar-refractivity contribution in [1.29, 1.82) is 0 Å². The van der Waals surface area contributed by atoms with E-state index in [1.807, 2.05) is 0 Å². The lowest BCUT2D eigenvalue weighted by Gasteiger charge is -2.33. The summed E-state index contributed by atoms with van der Waals surface area (Å²) in [6, 6.07) is 10.9. The number of aryl methyl sites for hydroxylation is 1. The number of aromatic nitrogens is 3. The van der Waals surface area contributed by atoms with Gasteiger partial charge in [-0.3, -0.25) is 4.79 Å². The van der Waals surface area contributed by atoms with Gasteiger partial charge in [-0.25, -0.2) is 9.67 Å². The Bertz CT molecular complexity index is 614. The summed E-state index contributed by atoms with van der Waals surface area (Å²) in [6.45, 7) is 3.40. The fourth-order valence-electron chi connectivity index (χ4n) is 3.26. The molecule has 1 fully saturated rings. The van der Waals surface area contributed by atoms with Crippen molar-refractivity contribution >= 4 is 5.91 Å². The van der Waals surface area contributed by atoms with Crippen LogP contribution in [0.25, 0.3) is 0 Å². The number of piperidine rings is 1. The molecule has 6 heteroatoms. The van der Waals surface area contributed by atoms with Crippen LogP contribution in [0.1, 0.15) is 24.8 Å². The molecule has 2 heterocycles. The molecule has 128 valence electrons. The van der Waals surface area contributed by atoms with Crippen LogP contribution in [0.4, 0.5) is 0 Å². The molecule has 6 nitrogen and oxygen atoms in total. The van der Waals surface area contributed by atoms with E-state index >= 15 is 0 Å². The van der Waals surface area contributed by atoms with Crippen LogP contribution < -0.4 is 5.32 Å². The molecule has 0 radical (unpaired) electrons. The number of benzene rings is 1. The highest BCUT2D eigenvalue weighted by Crippen LogP contribution is 2.12. The van der Waals surface area contributed by atoms with Gasteiger partial charge in [0.15, 0.2) is 0 Å². The van der Waals surface area contributed by atoms with E-state index in [9.17, 15) is 4.79 Å². The van der Waals surface area contributed by atoms with Crippen LogP contribution in [-0.2, 0) is 17.8 Å². The molecule has 1 amide bonds. The summed E-state index contributed by atoms with van der Waals surface area (Å²) in [6.07, 6.45) is 7.47. The summed E-state index contributed by atoms with van der Waals surface area (Å²) in [4.78, 5) is 18.4. The summed E-state index contributed by atoms with van der Waals surface area (Å²) in [5.74, 6) is 0.0108. The smallest absolute Gasteiger partial charge is 0.242 e. The second-order valence-electron chi connectivity index (χ2n) is 6.39. The van der Waals surface area contributed by atoms with Gasteiger partial charge in [0, 0.05) is 12.6 Å². The van der Waals surface area contributed by atoms with Gasteiger partial charge in [0.1, 0.15) is 19.2 Å². The highest BCUT2D eigenvalue weighted by molar-refractivity contribution is 5.75. The Morgan fingerprint density at radius 1 is 1.29 bits per heavy atom. The van der Waals surface area contributed by atoms with Crippen LogP contribution in [0.15, 0.2) is 43.0 Å². The van der Waals surface area contributed by atoms with Gasteiger partial charge in [0.2, 0.25) is 5.91 Å². The molecule has 0 aliphatic carbocycles. The molecule has 1 aromatic carbocycles. The zero-order chi connectivity index (χ0) is 16.6. The minimum Gasteiger partial charge on any atom is -0.350 e. The molecule has 1 unspecified atom stereocenters. The van der Waals surface area contributed by atoms with Gasteiger partial charge in [0.25, 0.3) is 0 Å². The average molecular weight is 327 g/mol. The van der Waals surface area contributed by atoms with Gasteiger partial charge in [-0.15, -0.1) is 0 Å². The van der Waals surface area contributed by atoms with Crippen molar-refractivity contribution in [2.45, 2.75) is 38.3 Å². The minimum atomic E-state index is 0.0108. The molecule has 1 saturated heterocycles. The van der Waals surface area contributed by atoms with Crippen LogP contribution in [0.5, 0.6) is 0 Å². The molecule has 1 atom stereocenters. The molecule has 24 heavy (non-hydrogen) atoms. The lowest BCUT2D eigenvalue weighted by atomic mass is 10.0. The molecule has 1 aromatic heterocycles. The van der Waals surface area contributed by atoms with Crippen molar-refractivity contribution in [2.75, 3.05) is 19.6 Å². The monoisotopic (exact) mass is 327 g/mol. The Balaban J connectivity index is 1.38. The van der Waals surface area contributed by atoms with E-state index in [2.05, 4.69) is 50.6 Å². The third-order valence-corrected chi connectivity index (χ3v) is 4.43. The fraction of sp³-hybridized carbons (Fsp3) is 0.500. The fourth-order valence-corrected chi connectivity index (χ4v) is 3.26. The Kier molecular flexibility index (Phi) is 5.96. The van der Waals surface area contributed by atoms with E-state index in [4.69, 9.17) is 0 Å². The third kappa shape index (κ3) is 5.16. The predicted octanol–water partition coefficient (Wildman–Crippen LogP) is 1.49. The molecule has 1 N–H and O–H groups in total. The van der Waals surface area contributed by atoms with Crippen molar-refractivity contribution < 1.29 is 4.79 Å². The second-order valence-corrected chi connectivity index (χ2v) is 6.39. The minimum absolute atomic E-state index is 0.0108. The first-order valence-corrected chi connectivity index (χ1v) is 8.67. The summed E-state index contributed by atoms with van der Waals surface area (Å²) in [5, 5.41) is 7.09. The number of carbonyl (C=O) groups excluding carboxylic acids is 1. The number of rotatable bonds is 7. The molecule has 3 rings (SSSR count). The predicted molar refractivity (Wildman–Crippen MR) is 92.4 cm³/mol. The van der Waals surface area contributed by atoms with Gasteiger partial charge in [-0.1, -0.05) is 30.3 Å². The SMILES string of the molecule is O=C(Cn1cncn1)NC1CCCN(CCCc2ccccc2)C1. The third-order valence-electron chi connectivity index (χ3n) is 4.43. The molecule has 1 aliphatic heterocycles. The number of hydrogen-bond acceptors (Lipinski definition) is 4. The van der Waals surface area contributed by atoms with E-state index in [0.29, 0.717) is 0 Å². The average Bonchev–Trinajstić information content (AvgIpc) is 3.09. The number of carbonyl (C=O) groups is 1. The van der Waals surface area contributed by atoms with Gasteiger partial charge >= 0.3 is 0 Å². The summed E-state index contributed by atoms with van der Waals surface area (Å²) < 4.78 is 1.55. The number of hydrogen-bond donors (Lipinski definition) is 1. The largest absolute Gasteiger partial charge is 0.350 e. The molecule has 0 spiro atoms. The van der Waals surface area contributed by atoms with Gasteiger partial charge < -0.3 is 10.2 Å². The Morgan fingerprint density at radius 3 is 2.96 bits per heavy atom. The summed E-state index contributed by atoms with van der Waals surface area (Å²) in [5.41, 5.74) is 1.40. The Morgan fingerprint density at radius 2 is 2.17 bits per heavy atom. The maximum absolute atomic E-state index is 12.1. The van der Waals surface area contributed by atoms with Crippen molar-refractivity contribution in [3.63, 3.8) is 0 Å². The normalized spacial score (nSPS) is 18.4. The molecule has 0 saturated carbocycles. The van der Waals surface area contributed by atoms with Gasteiger partial charge in [-0.2, -0.15) is 5.10 Å². The highest BCUT2D eigenvalue weighted by Gasteiger charge is 2.21. The van der Waals surface area contributed by atoms with Crippen molar-refractivity contribution in [1.82, 2.24) is 25.0 Å². The standard InChI is InChI=1S/C18H25N5O/c24-18(13-23-15-19-14-20-23)21-17-9-5-11-22(12-17)10-4-8-16-6-2-1-3-7-16/h1-3,6-7,14-15,17H,4-5,8-13H2,(H,21,24). The highest BCUT2D eigenvalue weighted by atomic mass is 16.2. The molecule has 2 aromatic rings. The first kappa shape index (κ1) is 16.6. The number of nitrogens with zero attached hydrogens (tertiary/aromatic N) is 4. The molecule has 0 bridgehead atoms. The first-order valence-electron chi connectivity index (χ1n) is 8.67. The van der Waals surface area contributed by atoms with Crippen LogP contribution in [-0.4, -0.2) is 51.2 Å². The van der Waals surface area contributed by atoms with Crippen molar-refractivity contribution in [3.05, 3.63) is 48.5 Å². The van der Waals surface area contributed by atoms with E-state index < -0.39 is 0 Å². The van der Waals surface area contributed by atoms with E-state index in [0.717, 1.165) is 45.3 Å². The maximum atomic E-state index is 12.1. The lowest BCUT2D eigenvalue weighted by molar-refractivity contribution is -0.122. The summed E-state index contributed by atoms with van der Waals surface area (Å²) >= 11 is 0. The number of nitrogens with one attached hydrogen (secondary N) is 1. The lowest BCUT2D eigenvalue weighted by Crippen LogP contribution is -2.48. The van der Waals surface area contributed by atoms with Crippen molar-refractivity contribution in [2.24, 2.45) is 0 Å². The van der Waals surface area contributed by atoms with Crippen LogP contribution in [0.2, 0.25) is 0 Å². The second kappa shape index (κ2) is 8.59. The van der Waals surface area contributed by atoms with Gasteiger partial charge in [0.05, 0.1) is 0 Å². The van der Waals surface area contributed by atoms with Gasteiger partial charge in [-0.05, 0) is 44.3 Å². The van der Waals surface area contributed by atoms with Crippen molar-refractivity contribution in [3.8, 4) is 0 Å². The Hall–Kier alpha value is -2.21. The Labute approximate surface area is 142 Å². The maximum Gasteiger partial charge on any atom is 0.242 e. The zero-order valence-electron chi connectivity index (χ0n) is 14.0. The van der Waals surface area contributed by atoms with E-state index in [1.54, 1.807) is 11.0 Å². The molecular formula is C18H25N5O. The number of likely N-dealkylation sites (tertiary alicyclic amines) is 1. The van der Waals surface area contributed by atoms with Crippen LogP contribution in [0.3, 0.4) is 0 Å². The van der Waals surface area contributed by atoms with Crippen LogP contribution in [0, 0.1) is 0 Å². The first-order chi connectivity index (χ1) is 11.8. The molecular weight excluding hydrogens is 302 g/mol. The molecule has 1 aliphatic rings. The topological polar surface area (TPSA) is 63.1 Å². The quantitative estimate of drug-likeness (QED) is 0.837. The van der Waals surface area contributed by atoms with E-state index in [-0.39, 0.29) is 18.5 Å². The zero-order valence-corrected chi connectivity index (χ0v) is 14.0. The van der Waals surface area contributed by atoms with E-state index in [1.165, 1.54) is 11.9 Å². The summed E-state index contributed by atoms with van der Waals surface area (Å²) in [7, 11) is 0.